The third-order valence-electron chi connectivity index (χ3n) is 5.42. The van der Waals surface area contributed by atoms with E-state index >= 15 is 0 Å². The van der Waals surface area contributed by atoms with Crippen LogP contribution in [-0.4, -0.2) is 40.0 Å². The van der Waals surface area contributed by atoms with Crippen molar-refractivity contribution in [2.24, 2.45) is 15.9 Å². The molecule has 1 aliphatic heterocycles. The van der Waals surface area contributed by atoms with Gasteiger partial charge in [-0.15, -0.1) is 0 Å². The van der Waals surface area contributed by atoms with Gasteiger partial charge in [-0.25, -0.2) is 9.79 Å². The molecule has 168 valence electrons. The summed E-state index contributed by atoms with van der Waals surface area (Å²) in [6.07, 6.45) is 2.49. The van der Waals surface area contributed by atoms with Crippen molar-refractivity contribution in [1.82, 2.24) is 9.78 Å². The van der Waals surface area contributed by atoms with Crippen molar-refractivity contribution in [2.45, 2.75) is 52.4 Å². The fourth-order valence-electron chi connectivity index (χ4n) is 3.76. The van der Waals surface area contributed by atoms with Gasteiger partial charge in [-0.3, -0.25) is 10.1 Å². The molecule has 9 heteroatoms. The minimum Gasteiger partial charge on any atom is -0.492 e. The number of benzene rings is 1. The molecule has 0 radical (unpaired) electrons. The molecule has 3 amide bonds. The van der Waals surface area contributed by atoms with Gasteiger partial charge in [0.1, 0.15) is 11.6 Å². The Labute approximate surface area is 187 Å². The van der Waals surface area contributed by atoms with Crippen LogP contribution in [0.3, 0.4) is 0 Å². The number of urea groups is 1. The summed E-state index contributed by atoms with van der Waals surface area (Å²) in [6, 6.07) is 8.52. The van der Waals surface area contributed by atoms with E-state index in [0.29, 0.717) is 23.9 Å². The quantitative estimate of drug-likeness (QED) is 0.748. The molecule has 1 atom stereocenters. The molecule has 0 spiro atoms. The topological polar surface area (TPSA) is 110 Å². The van der Waals surface area contributed by atoms with E-state index in [4.69, 9.17) is 4.74 Å². The van der Waals surface area contributed by atoms with Crippen LogP contribution in [-0.2, 0) is 10.2 Å². The van der Waals surface area contributed by atoms with Crippen LogP contribution in [0.2, 0.25) is 0 Å². The molecule has 2 aliphatic rings. The van der Waals surface area contributed by atoms with Gasteiger partial charge in [0.2, 0.25) is 0 Å². The Bertz CT molecular complexity index is 1110. The van der Waals surface area contributed by atoms with Crippen LogP contribution in [0, 0.1) is 5.92 Å². The van der Waals surface area contributed by atoms with Gasteiger partial charge >= 0.3 is 6.03 Å². The summed E-state index contributed by atoms with van der Waals surface area (Å²) < 4.78 is 7.01. The van der Waals surface area contributed by atoms with E-state index in [1.165, 1.54) is 4.68 Å². The van der Waals surface area contributed by atoms with Gasteiger partial charge < -0.3 is 10.1 Å². The SMILES string of the molecule is CCOc1ccccc1NC(=O)Nc1cc(C(C)(C)C)nn1C1=NC(=O)C2CCCC2=N1. The third kappa shape index (κ3) is 4.42. The number of aromatic nitrogens is 2. The number of rotatable bonds is 4. The monoisotopic (exact) mass is 436 g/mol. The number of carbonyl (C=O) groups excluding carboxylic acids is 2. The summed E-state index contributed by atoms with van der Waals surface area (Å²) in [4.78, 5) is 34.1. The maximum atomic E-state index is 12.8. The van der Waals surface area contributed by atoms with E-state index in [1.54, 1.807) is 18.2 Å². The Hall–Kier alpha value is -3.49. The summed E-state index contributed by atoms with van der Waals surface area (Å²) in [6.45, 7) is 8.43. The van der Waals surface area contributed by atoms with Crippen LogP contribution >= 0.6 is 0 Å². The standard InChI is InChI=1S/C23H28N6O3/c1-5-32-17-12-7-6-10-16(17)25-22(31)26-19-13-18(23(2,3)4)28-29(19)21-24-15-11-8-9-14(15)20(30)27-21/h6-7,10,12-14H,5,8-9,11H2,1-4H3,(H2,25,26,31). The van der Waals surface area contributed by atoms with Crippen molar-refractivity contribution in [1.29, 1.82) is 0 Å². The molecule has 2 N–H and O–H groups in total. The summed E-state index contributed by atoms with van der Waals surface area (Å²) in [7, 11) is 0. The second-order valence-corrected chi connectivity index (χ2v) is 8.88. The Morgan fingerprint density at radius 2 is 2.00 bits per heavy atom. The first-order valence-corrected chi connectivity index (χ1v) is 10.9. The molecule has 0 bridgehead atoms. The molecule has 2 aromatic rings. The number of amides is 3. The normalized spacial score (nSPS) is 18.0. The number of ether oxygens (including phenoxy) is 1. The van der Waals surface area contributed by atoms with E-state index < -0.39 is 6.03 Å². The van der Waals surface area contributed by atoms with E-state index in [-0.39, 0.29) is 23.2 Å². The molecule has 32 heavy (non-hydrogen) atoms. The Morgan fingerprint density at radius 3 is 2.75 bits per heavy atom. The van der Waals surface area contributed by atoms with Crippen LogP contribution in [0.15, 0.2) is 40.3 Å². The van der Waals surface area contributed by atoms with E-state index in [2.05, 4.69) is 25.7 Å². The van der Waals surface area contributed by atoms with Crippen LogP contribution in [0.5, 0.6) is 5.75 Å². The zero-order valence-corrected chi connectivity index (χ0v) is 18.8. The molecule has 2 heterocycles. The van der Waals surface area contributed by atoms with Gasteiger partial charge in [0, 0.05) is 17.2 Å². The summed E-state index contributed by atoms with van der Waals surface area (Å²) in [5.41, 5.74) is 1.86. The lowest BCUT2D eigenvalue weighted by atomic mass is 9.92. The van der Waals surface area contributed by atoms with E-state index in [0.717, 1.165) is 30.7 Å². The number of nitrogens with one attached hydrogen (secondary N) is 2. The largest absolute Gasteiger partial charge is 0.492 e. The van der Waals surface area contributed by atoms with Crippen molar-refractivity contribution < 1.29 is 14.3 Å². The number of carbonyl (C=O) groups is 2. The molecular formula is C23H28N6O3. The number of hydrogen-bond donors (Lipinski definition) is 2. The third-order valence-corrected chi connectivity index (χ3v) is 5.42. The molecule has 1 fully saturated rings. The lowest BCUT2D eigenvalue weighted by Gasteiger charge is -2.16. The molecule has 1 aromatic heterocycles. The first-order chi connectivity index (χ1) is 15.3. The van der Waals surface area contributed by atoms with Crippen molar-refractivity contribution >= 4 is 35.1 Å². The average molecular weight is 437 g/mol. The average Bonchev–Trinajstić information content (AvgIpc) is 3.36. The van der Waals surface area contributed by atoms with Gasteiger partial charge in [-0.2, -0.15) is 14.8 Å². The van der Waals surface area contributed by atoms with E-state index in [1.807, 2.05) is 39.8 Å². The van der Waals surface area contributed by atoms with Gasteiger partial charge in [-0.05, 0) is 38.3 Å². The highest BCUT2D eigenvalue weighted by atomic mass is 16.5. The van der Waals surface area contributed by atoms with Gasteiger partial charge in [0.15, 0.2) is 0 Å². The zero-order valence-electron chi connectivity index (χ0n) is 18.8. The Balaban J connectivity index is 1.63. The highest BCUT2D eigenvalue weighted by molar-refractivity contribution is 6.17. The molecule has 0 saturated heterocycles. The first-order valence-electron chi connectivity index (χ1n) is 10.9. The number of anilines is 2. The van der Waals surface area contributed by atoms with Crippen molar-refractivity contribution in [2.75, 3.05) is 17.2 Å². The zero-order chi connectivity index (χ0) is 22.9. The van der Waals surface area contributed by atoms with Crippen molar-refractivity contribution in [3.63, 3.8) is 0 Å². The smallest absolute Gasteiger partial charge is 0.324 e. The summed E-state index contributed by atoms with van der Waals surface area (Å²) in [5.74, 6) is 0.731. The summed E-state index contributed by atoms with van der Waals surface area (Å²) in [5, 5.41) is 10.3. The molecule has 9 nitrogen and oxygen atoms in total. The highest BCUT2D eigenvalue weighted by Gasteiger charge is 2.34. The van der Waals surface area contributed by atoms with Crippen LogP contribution < -0.4 is 15.4 Å². The van der Waals surface area contributed by atoms with Crippen molar-refractivity contribution in [3.05, 3.63) is 36.0 Å². The second kappa shape index (κ2) is 8.57. The fourth-order valence-corrected chi connectivity index (χ4v) is 3.76. The van der Waals surface area contributed by atoms with Crippen LogP contribution in [0.4, 0.5) is 16.3 Å². The lowest BCUT2D eigenvalue weighted by Crippen LogP contribution is -2.29. The van der Waals surface area contributed by atoms with Gasteiger partial charge in [0.05, 0.1) is 23.9 Å². The highest BCUT2D eigenvalue weighted by Crippen LogP contribution is 2.29. The Morgan fingerprint density at radius 1 is 1.22 bits per heavy atom. The maximum absolute atomic E-state index is 12.8. The minimum absolute atomic E-state index is 0.184. The molecule has 4 rings (SSSR count). The van der Waals surface area contributed by atoms with Crippen molar-refractivity contribution in [3.8, 4) is 5.75 Å². The maximum Gasteiger partial charge on any atom is 0.324 e. The number of aliphatic imine (C=N–C) groups is 2. The molecule has 1 aliphatic carbocycles. The Kier molecular flexibility index (Phi) is 5.82. The molecule has 1 saturated carbocycles. The molecule has 1 unspecified atom stereocenters. The van der Waals surface area contributed by atoms with Crippen LogP contribution in [0.25, 0.3) is 0 Å². The number of hydrogen-bond acceptors (Lipinski definition) is 5. The van der Waals surface area contributed by atoms with E-state index in [9.17, 15) is 9.59 Å². The number of para-hydroxylation sites is 2. The second-order valence-electron chi connectivity index (χ2n) is 8.88. The number of fused-ring (bicyclic) bond motifs is 1. The van der Waals surface area contributed by atoms with Gasteiger partial charge in [0.25, 0.3) is 11.9 Å². The fraction of sp³-hybridized carbons (Fsp3) is 0.435. The number of nitrogens with zero attached hydrogens (tertiary/aromatic N) is 4. The minimum atomic E-state index is -0.465. The molecule has 1 aromatic carbocycles. The predicted octanol–water partition coefficient (Wildman–Crippen LogP) is 4.21. The van der Waals surface area contributed by atoms with Crippen LogP contribution in [0.1, 0.15) is 52.7 Å². The predicted molar refractivity (Wildman–Crippen MR) is 124 cm³/mol. The first kappa shape index (κ1) is 21.7. The molecular weight excluding hydrogens is 408 g/mol. The summed E-state index contributed by atoms with van der Waals surface area (Å²) >= 11 is 0. The van der Waals surface area contributed by atoms with Gasteiger partial charge in [-0.1, -0.05) is 32.9 Å². The lowest BCUT2D eigenvalue weighted by molar-refractivity contribution is -0.119.